The second kappa shape index (κ2) is 4.70. The molecule has 0 aromatic carbocycles. The molecule has 0 aliphatic heterocycles. The molecule has 0 amide bonds. The van der Waals surface area contributed by atoms with Crippen molar-refractivity contribution in [3.8, 4) is 0 Å². The van der Waals surface area contributed by atoms with Gasteiger partial charge in [-0.2, -0.15) is 0 Å². The smallest absolute Gasteiger partial charge is 0.148 e. The van der Waals surface area contributed by atoms with Gasteiger partial charge in [0.1, 0.15) is 11.6 Å². The van der Waals surface area contributed by atoms with Gasteiger partial charge >= 0.3 is 0 Å². The first kappa shape index (κ1) is 9.85. The van der Waals surface area contributed by atoms with E-state index in [1.807, 2.05) is 17.6 Å². The summed E-state index contributed by atoms with van der Waals surface area (Å²) in [4.78, 5) is 4.18. The van der Waals surface area contributed by atoms with Crippen LogP contribution in [0, 0.1) is 0 Å². The summed E-state index contributed by atoms with van der Waals surface area (Å²) >= 11 is 1.65. The largest absolute Gasteiger partial charge is 0.382 e. The van der Waals surface area contributed by atoms with Gasteiger partial charge in [0.2, 0.25) is 0 Å². The maximum Gasteiger partial charge on any atom is 0.148 e. The second-order valence-electron chi connectivity index (χ2n) is 2.95. The van der Waals surface area contributed by atoms with Crippen molar-refractivity contribution in [3.63, 3.8) is 0 Å². The van der Waals surface area contributed by atoms with Crippen molar-refractivity contribution < 1.29 is 0 Å². The van der Waals surface area contributed by atoms with Gasteiger partial charge in [0, 0.05) is 24.5 Å². The molecule has 5 nitrogen and oxygen atoms in total. The molecule has 3 N–H and O–H groups in total. The zero-order chi connectivity index (χ0) is 10.5. The number of hydrogen-bond acceptors (Lipinski definition) is 6. The van der Waals surface area contributed by atoms with E-state index in [-0.39, 0.29) is 0 Å². The number of anilines is 2. The highest BCUT2D eigenvalue weighted by Gasteiger charge is 1.97. The number of nitrogen functional groups attached to an aromatic ring is 1. The van der Waals surface area contributed by atoms with Gasteiger partial charge in [-0.15, -0.1) is 21.5 Å². The highest BCUT2D eigenvalue weighted by molar-refractivity contribution is 7.09. The molecule has 6 heteroatoms. The lowest BCUT2D eigenvalue weighted by Gasteiger charge is -2.02. The Balaban J connectivity index is 1.81. The van der Waals surface area contributed by atoms with E-state index in [9.17, 15) is 0 Å². The van der Waals surface area contributed by atoms with Crippen molar-refractivity contribution >= 4 is 23.0 Å². The van der Waals surface area contributed by atoms with Crippen molar-refractivity contribution in [2.45, 2.75) is 6.42 Å². The summed E-state index contributed by atoms with van der Waals surface area (Å²) < 4.78 is 0. The average molecular weight is 221 g/mol. The molecule has 0 aliphatic carbocycles. The van der Waals surface area contributed by atoms with Gasteiger partial charge < -0.3 is 11.1 Å². The van der Waals surface area contributed by atoms with Crippen LogP contribution >= 0.6 is 11.3 Å². The van der Waals surface area contributed by atoms with Gasteiger partial charge in [-0.1, -0.05) is 0 Å². The maximum absolute atomic E-state index is 5.42. The topological polar surface area (TPSA) is 76.7 Å². The monoisotopic (exact) mass is 221 g/mol. The predicted molar refractivity (Wildman–Crippen MR) is 60.8 cm³/mol. The fourth-order valence-electron chi connectivity index (χ4n) is 1.11. The first-order valence-electron chi connectivity index (χ1n) is 4.56. The zero-order valence-electron chi connectivity index (χ0n) is 8.05. The third kappa shape index (κ3) is 2.88. The van der Waals surface area contributed by atoms with Gasteiger partial charge in [-0.3, -0.25) is 0 Å². The molecule has 2 rings (SSSR count). The van der Waals surface area contributed by atoms with Crippen molar-refractivity contribution in [3.05, 3.63) is 28.7 Å². The van der Waals surface area contributed by atoms with Gasteiger partial charge in [-0.05, 0) is 12.1 Å². The van der Waals surface area contributed by atoms with E-state index in [0.717, 1.165) is 23.8 Å². The van der Waals surface area contributed by atoms with E-state index in [4.69, 9.17) is 5.73 Å². The van der Waals surface area contributed by atoms with Gasteiger partial charge in [0.05, 0.1) is 5.01 Å². The quantitative estimate of drug-likeness (QED) is 0.810. The van der Waals surface area contributed by atoms with E-state index in [0.29, 0.717) is 5.82 Å². The first-order chi connectivity index (χ1) is 7.34. The predicted octanol–water partition coefficient (Wildman–Crippen LogP) is 1.17. The third-order valence-electron chi connectivity index (χ3n) is 1.81. The van der Waals surface area contributed by atoms with Crippen LogP contribution in [0.4, 0.5) is 11.6 Å². The van der Waals surface area contributed by atoms with Crippen LogP contribution < -0.4 is 11.1 Å². The van der Waals surface area contributed by atoms with Crippen molar-refractivity contribution in [2.75, 3.05) is 17.6 Å². The molecule has 2 aromatic rings. The van der Waals surface area contributed by atoms with Gasteiger partial charge in [-0.25, -0.2) is 4.98 Å². The number of nitrogens with one attached hydrogen (secondary N) is 1. The number of nitrogens with two attached hydrogens (primary N) is 1. The lowest BCUT2D eigenvalue weighted by atomic mass is 10.4. The fraction of sp³-hybridized carbons (Fsp3) is 0.222. The van der Waals surface area contributed by atoms with E-state index in [1.165, 1.54) is 0 Å². The molecule has 0 radical (unpaired) electrons. The fourth-order valence-corrected chi connectivity index (χ4v) is 1.73. The maximum atomic E-state index is 5.42. The van der Waals surface area contributed by atoms with E-state index in [1.54, 1.807) is 17.4 Å². The Bertz CT molecular complexity index is 397. The molecule has 0 bridgehead atoms. The van der Waals surface area contributed by atoms with Gasteiger partial charge in [0.25, 0.3) is 0 Å². The Morgan fingerprint density at radius 2 is 2.27 bits per heavy atom. The standard InChI is InChI=1S/C9H11N5S/c10-7-1-2-8(14-13-7)11-4-3-9-12-5-6-15-9/h1-2,5-6H,3-4H2,(H2,10,13)(H,11,14). The minimum absolute atomic E-state index is 0.431. The van der Waals surface area contributed by atoms with Crippen LogP contribution in [0.3, 0.4) is 0 Å². The first-order valence-corrected chi connectivity index (χ1v) is 5.44. The van der Waals surface area contributed by atoms with Crippen LogP contribution in [0.1, 0.15) is 5.01 Å². The van der Waals surface area contributed by atoms with E-state index in [2.05, 4.69) is 20.5 Å². The van der Waals surface area contributed by atoms with E-state index >= 15 is 0 Å². The molecular weight excluding hydrogens is 210 g/mol. The molecule has 0 unspecified atom stereocenters. The van der Waals surface area contributed by atoms with Crippen molar-refractivity contribution in [2.24, 2.45) is 0 Å². The summed E-state index contributed by atoms with van der Waals surface area (Å²) in [7, 11) is 0. The summed E-state index contributed by atoms with van der Waals surface area (Å²) in [5.74, 6) is 1.17. The summed E-state index contributed by atoms with van der Waals surface area (Å²) in [6, 6.07) is 3.53. The average Bonchev–Trinajstić information content (AvgIpc) is 2.74. The number of rotatable bonds is 4. The number of nitrogens with zero attached hydrogens (tertiary/aromatic N) is 3. The zero-order valence-corrected chi connectivity index (χ0v) is 8.87. The Hall–Kier alpha value is -1.69. The molecule has 2 heterocycles. The lowest BCUT2D eigenvalue weighted by Crippen LogP contribution is -2.07. The molecule has 15 heavy (non-hydrogen) atoms. The Kier molecular flexibility index (Phi) is 3.08. The van der Waals surface area contributed by atoms with Crippen LogP contribution in [0.5, 0.6) is 0 Å². The molecule has 0 spiro atoms. The highest BCUT2D eigenvalue weighted by Crippen LogP contribution is 2.06. The minimum Gasteiger partial charge on any atom is -0.382 e. The van der Waals surface area contributed by atoms with Crippen LogP contribution in [0.25, 0.3) is 0 Å². The molecule has 0 fully saturated rings. The molecule has 0 aliphatic rings. The second-order valence-corrected chi connectivity index (χ2v) is 3.93. The Morgan fingerprint density at radius 1 is 1.33 bits per heavy atom. The minimum atomic E-state index is 0.431. The Morgan fingerprint density at radius 3 is 2.93 bits per heavy atom. The summed E-state index contributed by atoms with van der Waals surface area (Å²) in [5.41, 5.74) is 5.42. The van der Waals surface area contributed by atoms with Crippen LogP contribution in [-0.4, -0.2) is 21.7 Å². The summed E-state index contributed by atoms with van der Waals surface area (Å²) in [6.07, 6.45) is 2.70. The number of hydrogen-bond donors (Lipinski definition) is 2. The normalized spacial score (nSPS) is 10.1. The number of aromatic nitrogens is 3. The molecule has 0 atom stereocenters. The summed E-state index contributed by atoms with van der Waals surface area (Å²) in [5, 5.41) is 13.9. The van der Waals surface area contributed by atoms with Crippen LogP contribution in [0.2, 0.25) is 0 Å². The van der Waals surface area contributed by atoms with Crippen LogP contribution in [-0.2, 0) is 6.42 Å². The lowest BCUT2D eigenvalue weighted by molar-refractivity contribution is 0.961. The Labute approximate surface area is 91.4 Å². The van der Waals surface area contributed by atoms with Crippen LogP contribution in [0.15, 0.2) is 23.7 Å². The molecular formula is C9H11N5S. The molecule has 0 saturated heterocycles. The number of thiazole rings is 1. The van der Waals surface area contributed by atoms with Crippen molar-refractivity contribution in [1.82, 2.24) is 15.2 Å². The summed E-state index contributed by atoms with van der Waals surface area (Å²) in [6.45, 7) is 0.798. The van der Waals surface area contributed by atoms with Gasteiger partial charge in [0.15, 0.2) is 0 Å². The third-order valence-corrected chi connectivity index (χ3v) is 2.65. The highest BCUT2D eigenvalue weighted by atomic mass is 32.1. The van der Waals surface area contributed by atoms with Crippen molar-refractivity contribution in [1.29, 1.82) is 0 Å². The molecule has 0 saturated carbocycles. The molecule has 2 aromatic heterocycles. The molecule has 78 valence electrons. The SMILES string of the molecule is Nc1ccc(NCCc2nccs2)nn1. The van der Waals surface area contributed by atoms with E-state index < -0.39 is 0 Å².